The van der Waals surface area contributed by atoms with Crippen LogP contribution in [0.2, 0.25) is 0 Å². The summed E-state index contributed by atoms with van der Waals surface area (Å²) in [7, 11) is 0. The average molecular weight is 270 g/mol. The number of halogens is 1. The second-order valence-corrected chi connectivity index (χ2v) is 4.45. The highest BCUT2D eigenvalue weighted by Crippen LogP contribution is 2.16. The van der Waals surface area contributed by atoms with E-state index < -0.39 is 0 Å². The van der Waals surface area contributed by atoms with Crippen molar-refractivity contribution in [3.8, 4) is 0 Å². The van der Waals surface area contributed by atoms with Gasteiger partial charge in [-0.15, -0.1) is 0 Å². The number of thiocarbonyl (C=S) groups is 1. The number of hydrogen-bond acceptors (Lipinski definition) is 4. The molecular weight excluding hydrogens is 255 g/mol. The zero-order chi connectivity index (χ0) is 13.0. The van der Waals surface area contributed by atoms with Crippen LogP contribution in [0.15, 0.2) is 18.2 Å². The Bertz CT molecular complexity index is 436. The Morgan fingerprint density at radius 1 is 1.50 bits per heavy atom. The maximum atomic E-state index is 13.7. The summed E-state index contributed by atoms with van der Waals surface area (Å²) >= 11 is 4.79. The van der Waals surface area contributed by atoms with Gasteiger partial charge in [0.25, 0.3) is 0 Å². The normalized spacial score (nSPS) is 19.5. The van der Waals surface area contributed by atoms with Crippen LogP contribution < -0.4 is 11.1 Å². The molecule has 6 heteroatoms. The molecule has 0 saturated carbocycles. The molecule has 1 atom stereocenters. The largest absolute Gasteiger partial charge is 0.389 e. The van der Waals surface area contributed by atoms with E-state index in [2.05, 4.69) is 5.32 Å². The summed E-state index contributed by atoms with van der Waals surface area (Å²) in [6, 6.07) is 4.63. The molecule has 3 N–H and O–H groups in total. The molecule has 4 nitrogen and oxygen atoms in total. The molecule has 0 amide bonds. The fourth-order valence-corrected chi connectivity index (χ4v) is 1.82. The van der Waals surface area contributed by atoms with E-state index in [0.29, 0.717) is 37.6 Å². The Hall–Kier alpha value is -1.24. The molecule has 18 heavy (non-hydrogen) atoms. The van der Waals surface area contributed by atoms with Crippen molar-refractivity contribution in [2.75, 3.05) is 31.7 Å². The second kappa shape index (κ2) is 6.08. The van der Waals surface area contributed by atoms with Gasteiger partial charge in [0.1, 0.15) is 10.8 Å². The predicted molar refractivity (Wildman–Crippen MR) is 71.3 cm³/mol. The quantitative estimate of drug-likeness (QED) is 0.807. The topological polar surface area (TPSA) is 56.5 Å². The lowest BCUT2D eigenvalue weighted by Gasteiger charge is -2.23. The van der Waals surface area contributed by atoms with E-state index in [1.54, 1.807) is 12.1 Å². The summed E-state index contributed by atoms with van der Waals surface area (Å²) in [4.78, 5) is 0.185. The molecular formula is C12H15FN2O2S. The highest BCUT2D eigenvalue weighted by molar-refractivity contribution is 7.80. The molecule has 0 radical (unpaired) electrons. The Kier molecular flexibility index (Phi) is 4.46. The van der Waals surface area contributed by atoms with Crippen LogP contribution in [0.1, 0.15) is 5.56 Å². The number of benzene rings is 1. The average Bonchev–Trinajstić information content (AvgIpc) is 2.38. The standard InChI is InChI=1S/C12H15FN2O2S/c13-10-5-8(12(14)18)1-2-11(10)15-6-9-7-16-3-4-17-9/h1-2,5,9,15H,3-4,6-7H2,(H2,14,18). The molecule has 1 fully saturated rings. The van der Waals surface area contributed by atoms with Crippen LogP contribution in [0.5, 0.6) is 0 Å². The minimum atomic E-state index is -0.378. The second-order valence-electron chi connectivity index (χ2n) is 4.01. The molecule has 0 aliphatic carbocycles. The van der Waals surface area contributed by atoms with Gasteiger partial charge in [-0.3, -0.25) is 0 Å². The molecule has 0 aromatic heterocycles. The molecule has 1 aromatic rings. The van der Waals surface area contributed by atoms with Gasteiger partial charge in [-0.05, 0) is 18.2 Å². The molecule has 1 aromatic carbocycles. The van der Waals surface area contributed by atoms with Gasteiger partial charge in [-0.1, -0.05) is 12.2 Å². The third-order valence-electron chi connectivity index (χ3n) is 2.66. The molecule has 2 rings (SSSR count). The summed E-state index contributed by atoms with van der Waals surface area (Å²) in [5, 5.41) is 2.98. The minimum Gasteiger partial charge on any atom is -0.389 e. The van der Waals surface area contributed by atoms with Gasteiger partial charge < -0.3 is 20.5 Å². The van der Waals surface area contributed by atoms with Crippen LogP contribution in [-0.2, 0) is 9.47 Å². The Labute approximate surface area is 110 Å². The molecule has 0 spiro atoms. The first-order valence-electron chi connectivity index (χ1n) is 5.69. The predicted octanol–water partition coefficient (Wildman–Crippen LogP) is 1.29. The lowest BCUT2D eigenvalue weighted by Crippen LogP contribution is -2.34. The third kappa shape index (κ3) is 3.38. The fraction of sp³-hybridized carbons (Fsp3) is 0.417. The summed E-state index contributed by atoms with van der Waals surface area (Å²) in [6.07, 6.45) is -0.0478. The van der Waals surface area contributed by atoms with Crippen molar-refractivity contribution in [2.45, 2.75) is 6.10 Å². The molecule has 1 aliphatic rings. The fourth-order valence-electron chi connectivity index (χ4n) is 1.69. The molecule has 0 bridgehead atoms. The number of rotatable bonds is 4. The van der Waals surface area contributed by atoms with E-state index in [1.807, 2.05) is 0 Å². The van der Waals surface area contributed by atoms with Crippen LogP contribution in [0, 0.1) is 5.82 Å². The number of nitrogens with two attached hydrogens (primary N) is 1. The zero-order valence-corrected chi connectivity index (χ0v) is 10.6. The molecule has 1 heterocycles. The van der Waals surface area contributed by atoms with Gasteiger partial charge in [-0.25, -0.2) is 4.39 Å². The van der Waals surface area contributed by atoms with Gasteiger partial charge in [-0.2, -0.15) is 0 Å². The number of hydrogen-bond donors (Lipinski definition) is 2. The van der Waals surface area contributed by atoms with Crippen molar-refractivity contribution in [3.63, 3.8) is 0 Å². The number of nitrogens with one attached hydrogen (secondary N) is 1. The van der Waals surface area contributed by atoms with Crippen LogP contribution in [0.25, 0.3) is 0 Å². The summed E-state index contributed by atoms with van der Waals surface area (Å²) in [6.45, 7) is 2.23. The summed E-state index contributed by atoms with van der Waals surface area (Å²) < 4.78 is 24.4. The van der Waals surface area contributed by atoms with Gasteiger partial charge in [0.05, 0.1) is 31.6 Å². The highest BCUT2D eigenvalue weighted by Gasteiger charge is 2.14. The Morgan fingerprint density at radius 2 is 2.33 bits per heavy atom. The Balaban J connectivity index is 1.94. The third-order valence-corrected chi connectivity index (χ3v) is 2.89. The van der Waals surface area contributed by atoms with Gasteiger partial charge >= 0.3 is 0 Å². The van der Waals surface area contributed by atoms with Crippen molar-refractivity contribution in [3.05, 3.63) is 29.6 Å². The van der Waals surface area contributed by atoms with Crippen molar-refractivity contribution < 1.29 is 13.9 Å². The van der Waals surface area contributed by atoms with Crippen molar-refractivity contribution in [1.29, 1.82) is 0 Å². The lowest BCUT2D eigenvalue weighted by molar-refractivity contribution is -0.0819. The van der Waals surface area contributed by atoms with Crippen LogP contribution in [0.3, 0.4) is 0 Å². The zero-order valence-electron chi connectivity index (χ0n) is 9.82. The summed E-state index contributed by atoms with van der Waals surface area (Å²) in [5.41, 5.74) is 6.36. The van der Waals surface area contributed by atoms with E-state index in [-0.39, 0.29) is 16.9 Å². The molecule has 1 saturated heterocycles. The number of anilines is 1. The monoisotopic (exact) mass is 270 g/mol. The van der Waals surface area contributed by atoms with Crippen molar-refractivity contribution in [1.82, 2.24) is 0 Å². The molecule has 1 unspecified atom stereocenters. The van der Waals surface area contributed by atoms with Gasteiger partial charge in [0.15, 0.2) is 0 Å². The van der Waals surface area contributed by atoms with E-state index in [1.165, 1.54) is 6.07 Å². The van der Waals surface area contributed by atoms with Crippen LogP contribution >= 0.6 is 12.2 Å². The first-order valence-corrected chi connectivity index (χ1v) is 6.10. The van der Waals surface area contributed by atoms with Gasteiger partial charge in [0.2, 0.25) is 0 Å². The van der Waals surface area contributed by atoms with E-state index in [0.717, 1.165) is 0 Å². The smallest absolute Gasteiger partial charge is 0.146 e. The van der Waals surface area contributed by atoms with Crippen molar-refractivity contribution >= 4 is 22.9 Å². The number of ether oxygens (including phenoxy) is 2. The van der Waals surface area contributed by atoms with Gasteiger partial charge in [0, 0.05) is 12.1 Å². The first kappa shape index (κ1) is 13.2. The van der Waals surface area contributed by atoms with Crippen LogP contribution in [-0.4, -0.2) is 37.5 Å². The van der Waals surface area contributed by atoms with E-state index in [4.69, 9.17) is 27.4 Å². The first-order chi connectivity index (χ1) is 8.66. The van der Waals surface area contributed by atoms with Crippen LogP contribution in [0.4, 0.5) is 10.1 Å². The summed E-state index contributed by atoms with van der Waals surface area (Å²) in [5.74, 6) is -0.378. The van der Waals surface area contributed by atoms with E-state index in [9.17, 15) is 4.39 Å². The minimum absolute atomic E-state index is 0.0478. The van der Waals surface area contributed by atoms with Crippen molar-refractivity contribution in [2.24, 2.45) is 5.73 Å². The maximum Gasteiger partial charge on any atom is 0.146 e. The highest BCUT2D eigenvalue weighted by atomic mass is 32.1. The maximum absolute atomic E-state index is 13.7. The molecule has 1 aliphatic heterocycles. The van der Waals surface area contributed by atoms with E-state index >= 15 is 0 Å². The SMILES string of the molecule is NC(=S)c1ccc(NCC2COCCO2)c(F)c1. The Morgan fingerprint density at radius 3 is 2.94 bits per heavy atom. The lowest BCUT2D eigenvalue weighted by atomic mass is 10.2. The molecule has 98 valence electrons.